The molecule has 0 aliphatic carbocycles. The normalized spacial score (nSPS) is 11.1. The molecule has 0 radical (unpaired) electrons. The van der Waals surface area contributed by atoms with Crippen LogP contribution in [0.25, 0.3) is 0 Å². The third-order valence-corrected chi connectivity index (χ3v) is 3.62. The fourth-order valence-electron chi connectivity index (χ4n) is 2.02. The second-order valence-electron chi connectivity index (χ2n) is 5.15. The van der Waals surface area contributed by atoms with Crippen molar-refractivity contribution in [1.29, 1.82) is 0 Å². The molecule has 1 aromatic heterocycles. The number of halogens is 2. The first-order chi connectivity index (χ1) is 9.51. The van der Waals surface area contributed by atoms with Gasteiger partial charge in [0.1, 0.15) is 5.15 Å². The predicted octanol–water partition coefficient (Wildman–Crippen LogP) is 4.25. The van der Waals surface area contributed by atoms with Crippen LogP contribution in [0.4, 0.5) is 0 Å². The van der Waals surface area contributed by atoms with Gasteiger partial charge in [0.2, 0.25) is 0 Å². The summed E-state index contributed by atoms with van der Waals surface area (Å²) in [6.07, 6.45) is 1.52. The van der Waals surface area contributed by atoms with Gasteiger partial charge in [-0.05, 0) is 30.0 Å². The molecule has 20 heavy (non-hydrogen) atoms. The van der Waals surface area contributed by atoms with Crippen molar-refractivity contribution in [2.75, 3.05) is 0 Å². The zero-order valence-electron chi connectivity index (χ0n) is 11.4. The second-order valence-corrected chi connectivity index (χ2v) is 5.95. The molecule has 3 nitrogen and oxygen atoms in total. The fraction of sp³-hybridized carbons (Fsp3) is 0.333. The van der Waals surface area contributed by atoms with E-state index in [1.807, 2.05) is 24.3 Å². The minimum atomic E-state index is 0.394. The van der Waals surface area contributed by atoms with E-state index in [9.17, 15) is 4.79 Å². The summed E-state index contributed by atoms with van der Waals surface area (Å²) in [7, 11) is 0. The first kappa shape index (κ1) is 15.1. The summed E-state index contributed by atoms with van der Waals surface area (Å²) in [5.74, 6) is 0.420. The molecule has 0 spiro atoms. The van der Waals surface area contributed by atoms with Crippen LogP contribution in [0.1, 0.15) is 35.5 Å². The summed E-state index contributed by atoms with van der Waals surface area (Å²) in [6.45, 7) is 4.69. The molecular formula is C15H16Cl2N2O. The maximum Gasteiger partial charge on any atom is 0.155 e. The number of aromatic nitrogens is 2. The van der Waals surface area contributed by atoms with Crippen LogP contribution in [-0.4, -0.2) is 16.1 Å². The van der Waals surface area contributed by atoms with Gasteiger partial charge >= 0.3 is 0 Å². The lowest BCUT2D eigenvalue weighted by Crippen LogP contribution is -2.03. The van der Waals surface area contributed by atoms with Gasteiger partial charge in [-0.15, -0.1) is 0 Å². The minimum absolute atomic E-state index is 0.394. The SMILES string of the molecule is CC(C)Cc1nn(Cc2ccc(Cl)cc2)c(Cl)c1C=O. The van der Waals surface area contributed by atoms with Gasteiger partial charge in [0.15, 0.2) is 6.29 Å². The van der Waals surface area contributed by atoms with Gasteiger partial charge in [-0.3, -0.25) is 4.79 Å². The highest BCUT2D eigenvalue weighted by molar-refractivity contribution is 6.32. The number of hydrogen-bond acceptors (Lipinski definition) is 2. The zero-order chi connectivity index (χ0) is 14.7. The summed E-state index contributed by atoms with van der Waals surface area (Å²) in [5.41, 5.74) is 2.29. The van der Waals surface area contributed by atoms with E-state index in [2.05, 4.69) is 18.9 Å². The van der Waals surface area contributed by atoms with E-state index in [-0.39, 0.29) is 0 Å². The van der Waals surface area contributed by atoms with Crippen molar-refractivity contribution in [2.45, 2.75) is 26.8 Å². The van der Waals surface area contributed by atoms with Crippen molar-refractivity contribution >= 4 is 29.5 Å². The second kappa shape index (κ2) is 6.42. The Bertz CT molecular complexity index is 603. The van der Waals surface area contributed by atoms with Gasteiger partial charge in [0, 0.05) is 5.02 Å². The number of rotatable bonds is 5. The highest BCUT2D eigenvalue weighted by Gasteiger charge is 2.16. The third-order valence-electron chi connectivity index (χ3n) is 2.97. The first-order valence-electron chi connectivity index (χ1n) is 6.46. The van der Waals surface area contributed by atoms with Crippen molar-refractivity contribution in [3.05, 3.63) is 51.3 Å². The smallest absolute Gasteiger partial charge is 0.155 e. The topological polar surface area (TPSA) is 34.9 Å². The Morgan fingerprint density at radius 2 is 1.90 bits per heavy atom. The van der Waals surface area contributed by atoms with Crippen LogP contribution in [0.3, 0.4) is 0 Å². The van der Waals surface area contributed by atoms with E-state index in [1.165, 1.54) is 0 Å². The molecule has 1 heterocycles. The Hall–Kier alpha value is -1.32. The lowest BCUT2D eigenvalue weighted by Gasteiger charge is -2.04. The summed E-state index contributed by atoms with van der Waals surface area (Å²) >= 11 is 12.1. The Morgan fingerprint density at radius 3 is 2.45 bits per heavy atom. The van der Waals surface area contributed by atoms with Crippen molar-refractivity contribution in [3.63, 3.8) is 0 Å². The van der Waals surface area contributed by atoms with Crippen LogP contribution in [0, 0.1) is 5.92 Å². The molecule has 2 rings (SSSR count). The van der Waals surface area contributed by atoms with Gasteiger partial charge in [0.05, 0.1) is 17.8 Å². The molecule has 0 N–H and O–H groups in total. The Labute approximate surface area is 128 Å². The summed E-state index contributed by atoms with van der Waals surface area (Å²) in [6, 6.07) is 7.49. The van der Waals surface area contributed by atoms with Crippen LogP contribution >= 0.6 is 23.2 Å². The predicted molar refractivity (Wildman–Crippen MR) is 81.7 cm³/mol. The maximum atomic E-state index is 11.2. The molecule has 0 saturated heterocycles. The fourth-order valence-corrected chi connectivity index (χ4v) is 2.40. The van der Waals surface area contributed by atoms with Crippen molar-refractivity contribution in [1.82, 2.24) is 9.78 Å². The Kier molecular flexibility index (Phi) is 4.84. The van der Waals surface area contributed by atoms with Crippen molar-refractivity contribution in [3.8, 4) is 0 Å². The van der Waals surface area contributed by atoms with E-state index in [0.29, 0.717) is 28.2 Å². The molecule has 0 amide bonds. The Balaban J connectivity index is 2.30. The molecular weight excluding hydrogens is 295 g/mol. The number of carbonyl (C=O) groups excluding carboxylic acids is 1. The van der Waals surface area contributed by atoms with Crippen LogP contribution < -0.4 is 0 Å². The van der Waals surface area contributed by atoms with Crippen LogP contribution in [0.5, 0.6) is 0 Å². The number of carbonyl (C=O) groups is 1. The van der Waals surface area contributed by atoms with Gasteiger partial charge in [-0.1, -0.05) is 49.2 Å². The molecule has 5 heteroatoms. The molecule has 0 fully saturated rings. The van der Waals surface area contributed by atoms with Crippen molar-refractivity contribution in [2.24, 2.45) is 5.92 Å². The largest absolute Gasteiger partial charge is 0.298 e. The average molecular weight is 311 g/mol. The van der Waals surface area contributed by atoms with E-state index in [1.54, 1.807) is 4.68 Å². The third kappa shape index (κ3) is 3.41. The lowest BCUT2D eigenvalue weighted by molar-refractivity contribution is 0.112. The molecule has 0 bridgehead atoms. The summed E-state index contributed by atoms with van der Waals surface area (Å²) < 4.78 is 1.66. The van der Waals surface area contributed by atoms with E-state index in [4.69, 9.17) is 23.2 Å². The number of nitrogens with zero attached hydrogens (tertiary/aromatic N) is 2. The standard InChI is InChI=1S/C15H16Cl2N2O/c1-10(2)7-14-13(9-20)15(17)19(18-14)8-11-3-5-12(16)6-4-11/h3-6,9-10H,7-8H2,1-2H3. The minimum Gasteiger partial charge on any atom is -0.298 e. The van der Waals surface area contributed by atoms with Gasteiger partial charge in [0.25, 0.3) is 0 Å². The molecule has 0 atom stereocenters. The average Bonchev–Trinajstić information content (AvgIpc) is 2.67. The first-order valence-corrected chi connectivity index (χ1v) is 7.21. The monoisotopic (exact) mass is 310 g/mol. The van der Waals surface area contributed by atoms with Crippen LogP contribution in [0.2, 0.25) is 10.2 Å². The maximum absolute atomic E-state index is 11.2. The van der Waals surface area contributed by atoms with Crippen LogP contribution in [-0.2, 0) is 13.0 Å². The highest BCUT2D eigenvalue weighted by atomic mass is 35.5. The van der Waals surface area contributed by atoms with Crippen LogP contribution in [0.15, 0.2) is 24.3 Å². The molecule has 106 valence electrons. The molecule has 0 saturated carbocycles. The quantitative estimate of drug-likeness (QED) is 0.774. The lowest BCUT2D eigenvalue weighted by atomic mass is 10.1. The van der Waals surface area contributed by atoms with Gasteiger partial charge < -0.3 is 0 Å². The van der Waals surface area contributed by atoms with Gasteiger partial charge in [-0.2, -0.15) is 5.10 Å². The van der Waals surface area contributed by atoms with Gasteiger partial charge in [-0.25, -0.2) is 4.68 Å². The summed E-state index contributed by atoms with van der Waals surface area (Å²) in [5, 5.41) is 5.54. The number of hydrogen-bond donors (Lipinski definition) is 0. The molecule has 0 unspecified atom stereocenters. The van der Waals surface area contributed by atoms with E-state index < -0.39 is 0 Å². The number of benzene rings is 1. The van der Waals surface area contributed by atoms with E-state index >= 15 is 0 Å². The molecule has 0 aliphatic rings. The Morgan fingerprint density at radius 1 is 1.25 bits per heavy atom. The zero-order valence-corrected chi connectivity index (χ0v) is 12.9. The van der Waals surface area contributed by atoms with E-state index in [0.717, 1.165) is 24.0 Å². The molecule has 0 aliphatic heterocycles. The highest BCUT2D eigenvalue weighted by Crippen LogP contribution is 2.22. The number of aldehydes is 1. The van der Waals surface area contributed by atoms with Crippen molar-refractivity contribution < 1.29 is 4.79 Å². The summed E-state index contributed by atoms with van der Waals surface area (Å²) in [4.78, 5) is 11.2. The molecule has 1 aromatic carbocycles. The molecule has 2 aromatic rings.